The van der Waals surface area contributed by atoms with Gasteiger partial charge in [0.1, 0.15) is 11.0 Å². The fourth-order valence-corrected chi connectivity index (χ4v) is 1.66. The quantitative estimate of drug-likeness (QED) is 0.549. The van der Waals surface area contributed by atoms with Gasteiger partial charge in [0.2, 0.25) is 5.71 Å². The van der Waals surface area contributed by atoms with Gasteiger partial charge in [-0.25, -0.2) is 4.79 Å². The maximum absolute atomic E-state index is 11.5. The Hall–Kier alpha value is -1.30. The number of benzene rings is 1. The number of furan rings is 1. The van der Waals surface area contributed by atoms with Crippen molar-refractivity contribution in [1.29, 1.82) is 0 Å². The first-order chi connectivity index (χ1) is 7.25. The van der Waals surface area contributed by atoms with Crippen LogP contribution in [0.25, 0.3) is 22.1 Å². The summed E-state index contributed by atoms with van der Waals surface area (Å²) in [6.07, 6.45) is 0. The first kappa shape index (κ1) is 11.2. The van der Waals surface area contributed by atoms with Crippen molar-refractivity contribution in [2.24, 2.45) is 0 Å². The Balaban J connectivity index is 0.000000963. The van der Waals surface area contributed by atoms with Gasteiger partial charge in [-0.3, -0.25) is 14.8 Å². The van der Waals surface area contributed by atoms with Crippen LogP contribution in [0.5, 0.6) is 0 Å². The van der Waals surface area contributed by atoms with Gasteiger partial charge in [0.05, 0.1) is 0 Å². The van der Waals surface area contributed by atoms with Crippen LogP contribution < -0.4 is 11.2 Å². The number of nitrogens with one attached hydrogen (secondary N) is 2. The average molecular weight is 225 g/mol. The van der Waals surface area contributed by atoms with Gasteiger partial charge in [0.25, 0.3) is 5.56 Å². The zero-order valence-corrected chi connectivity index (χ0v) is 10.5. The summed E-state index contributed by atoms with van der Waals surface area (Å²) in [6, 6.07) is 7.13. The summed E-state index contributed by atoms with van der Waals surface area (Å²) in [5, 5.41) is 1.08. The van der Waals surface area contributed by atoms with E-state index in [4.69, 9.17) is 4.42 Å². The Bertz CT molecular complexity index is 769. The van der Waals surface area contributed by atoms with Crippen LogP contribution in [0.2, 0.25) is 0 Å². The van der Waals surface area contributed by atoms with E-state index in [1.165, 1.54) is 0 Å². The molecule has 6 heteroatoms. The molecule has 1 radical (unpaired) electrons. The van der Waals surface area contributed by atoms with Crippen LogP contribution in [-0.4, -0.2) is 39.5 Å². The van der Waals surface area contributed by atoms with Crippen molar-refractivity contribution in [2.75, 3.05) is 0 Å². The summed E-state index contributed by atoms with van der Waals surface area (Å²) in [5.74, 6) is 0. The molecule has 5 nitrogen and oxygen atoms in total. The Morgan fingerprint density at radius 3 is 2.62 bits per heavy atom. The summed E-state index contributed by atoms with van der Waals surface area (Å²) in [7, 11) is 0. The van der Waals surface area contributed by atoms with Gasteiger partial charge in [-0.05, 0) is 6.07 Å². The SMILES string of the molecule is O=c1[nH]c(=O)c2c([nH]1)oc1ccccc12.[Na]. The number of para-hydroxylation sites is 1. The predicted molar refractivity (Wildman–Crippen MR) is 60.7 cm³/mol. The summed E-state index contributed by atoms with van der Waals surface area (Å²) in [5.41, 5.74) is -0.199. The van der Waals surface area contributed by atoms with Crippen molar-refractivity contribution in [3.63, 3.8) is 0 Å². The molecule has 0 bridgehead atoms. The Labute approximate surface area is 111 Å². The minimum atomic E-state index is -0.563. The van der Waals surface area contributed by atoms with Crippen LogP contribution in [0.15, 0.2) is 38.3 Å². The molecule has 75 valence electrons. The molecule has 0 unspecified atom stereocenters. The second-order valence-electron chi connectivity index (χ2n) is 3.21. The van der Waals surface area contributed by atoms with E-state index < -0.39 is 11.2 Å². The third kappa shape index (κ3) is 1.53. The predicted octanol–water partition coefficient (Wildman–Crippen LogP) is 0.582. The van der Waals surface area contributed by atoms with Gasteiger partial charge in [-0.15, -0.1) is 0 Å². The maximum atomic E-state index is 11.5. The molecule has 3 aromatic rings. The summed E-state index contributed by atoms with van der Waals surface area (Å²) in [6.45, 7) is 0. The zero-order valence-electron chi connectivity index (χ0n) is 8.53. The average Bonchev–Trinajstić information content (AvgIpc) is 2.54. The number of hydrogen-bond acceptors (Lipinski definition) is 3. The Kier molecular flexibility index (Phi) is 2.75. The molecule has 0 atom stereocenters. The molecule has 2 aromatic heterocycles. The minimum absolute atomic E-state index is 0. The van der Waals surface area contributed by atoms with E-state index in [9.17, 15) is 9.59 Å². The van der Waals surface area contributed by atoms with Crippen LogP contribution in [0.1, 0.15) is 0 Å². The first-order valence-electron chi connectivity index (χ1n) is 4.39. The molecule has 0 aliphatic rings. The fraction of sp³-hybridized carbons (Fsp3) is 0. The Morgan fingerprint density at radius 2 is 1.81 bits per heavy atom. The van der Waals surface area contributed by atoms with E-state index in [1.54, 1.807) is 18.2 Å². The number of rotatable bonds is 0. The molecule has 0 spiro atoms. The van der Waals surface area contributed by atoms with Crippen molar-refractivity contribution in [2.45, 2.75) is 0 Å². The van der Waals surface area contributed by atoms with E-state index in [2.05, 4.69) is 9.97 Å². The van der Waals surface area contributed by atoms with Crippen LogP contribution >= 0.6 is 0 Å². The fourth-order valence-electron chi connectivity index (χ4n) is 1.66. The third-order valence-corrected chi connectivity index (χ3v) is 2.28. The Morgan fingerprint density at radius 1 is 1.06 bits per heavy atom. The zero-order chi connectivity index (χ0) is 10.4. The normalized spacial score (nSPS) is 10.5. The monoisotopic (exact) mass is 225 g/mol. The summed E-state index contributed by atoms with van der Waals surface area (Å²) < 4.78 is 5.34. The number of fused-ring (bicyclic) bond motifs is 3. The number of H-pyrrole nitrogens is 2. The molecule has 0 saturated heterocycles. The number of hydrogen-bond donors (Lipinski definition) is 2. The van der Waals surface area contributed by atoms with Gasteiger partial charge in [0, 0.05) is 34.9 Å². The van der Waals surface area contributed by atoms with Crippen LogP contribution in [0, 0.1) is 0 Å². The smallest absolute Gasteiger partial charge is 0.328 e. The molecular weight excluding hydrogens is 219 g/mol. The van der Waals surface area contributed by atoms with Gasteiger partial charge in [-0.2, -0.15) is 0 Å². The molecule has 3 rings (SSSR count). The first-order valence-corrected chi connectivity index (χ1v) is 4.39. The van der Waals surface area contributed by atoms with Crippen molar-refractivity contribution in [1.82, 2.24) is 9.97 Å². The number of aromatic amines is 2. The summed E-state index contributed by atoms with van der Waals surface area (Å²) in [4.78, 5) is 27.2. The van der Waals surface area contributed by atoms with Crippen molar-refractivity contribution >= 4 is 51.6 Å². The van der Waals surface area contributed by atoms with E-state index in [-0.39, 0.29) is 35.3 Å². The van der Waals surface area contributed by atoms with Crippen LogP contribution in [0.4, 0.5) is 0 Å². The molecule has 0 aliphatic carbocycles. The van der Waals surface area contributed by atoms with E-state index >= 15 is 0 Å². The van der Waals surface area contributed by atoms with Gasteiger partial charge in [-0.1, -0.05) is 18.2 Å². The van der Waals surface area contributed by atoms with Crippen molar-refractivity contribution < 1.29 is 4.42 Å². The van der Waals surface area contributed by atoms with Gasteiger partial charge in [0.15, 0.2) is 0 Å². The second-order valence-corrected chi connectivity index (χ2v) is 3.21. The van der Waals surface area contributed by atoms with Gasteiger partial charge < -0.3 is 4.42 Å². The summed E-state index contributed by atoms with van der Waals surface area (Å²) >= 11 is 0. The van der Waals surface area contributed by atoms with Crippen molar-refractivity contribution in [3.8, 4) is 0 Å². The largest absolute Gasteiger partial charge is 0.439 e. The topological polar surface area (TPSA) is 78.9 Å². The molecule has 0 amide bonds. The molecular formula is C10H6N2NaO3. The van der Waals surface area contributed by atoms with E-state index in [0.29, 0.717) is 16.4 Å². The maximum Gasteiger partial charge on any atom is 0.328 e. The molecule has 0 aliphatic heterocycles. The molecule has 0 fully saturated rings. The molecule has 1 aromatic carbocycles. The third-order valence-electron chi connectivity index (χ3n) is 2.28. The molecule has 0 saturated carbocycles. The molecule has 16 heavy (non-hydrogen) atoms. The minimum Gasteiger partial charge on any atom is -0.439 e. The second kappa shape index (κ2) is 3.93. The van der Waals surface area contributed by atoms with E-state index in [1.807, 2.05) is 6.07 Å². The van der Waals surface area contributed by atoms with Crippen LogP contribution in [-0.2, 0) is 0 Å². The van der Waals surface area contributed by atoms with E-state index in [0.717, 1.165) is 0 Å². The standard InChI is InChI=1S/C10H6N2O3.Na/c13-8-7-5-3-1-2-4-6(5)15-9(7)12-10(14)11-8;/h1-4H,(H2,11,12,13,14);. The van der Waals surface area contributed by atoms with Gasteiger partial charge >= 0.3 is 5.69 Å². The molecule has 2 N–H and O–H groups in total. The van der Waals surface area contributed by atoms with Crippen molar-refractivity contribution in [3.05, 3.63) is 45.1 Å². The van der Waals surface area contributed by atoms with Crippen LogP contribution in [0.3, 0.4) is 0 Å². The number of aromatic nitrogens is 2. The molecule has 2 heterocycles.